The summed E-state index contributed by atoms with van der Waals surface area (Å²) in [5, 5.41) is 4.69. The van der Waals surface area contributed by atoms with Gasteiger partial charge < -0.3 is 5.32 Å². The third-order valence-electron chi connectivity index (χ3n) is 5.42. The maximum atomic E-state index is 5.95. The quantitative estimate of drug-likeness (QED) is 0.153. The van der Waals surface area contributed by atoms with Gasteiger partial charge in [-0.1, -0.05) is 90.3 Å². The zero-order valence-corrected chi connectivity index (χ0v) is 21.8. The Bertz CT molecular complexity index is 564. The molecule has 0 fully saturated rings. The lowest BCUT2D eigenvalue weighted by Gasteiger charge is -2.22. The molecule has 1 unspecified atom stereocenters. The number of nitrogens with one attached hydrogen (secondary N) is 1. The molecule has 1 aromatic rings. The molecule has 2 nitrogen and oxygen atoms in total. The van der Waals surface area contributed by atoms with Crippen LogP contribution in [-0.2, 0) is 0 Å². The maximum absolute atomic E-state index is 5.95. The van der Waals surface area contributed by atoms with Gasteiger partial charge in [0.05, 0.1) is 10.7 Å². The highest BCUT2D eigenvalue weighted by Gasteiger charge is 2.18. The molecular weight excluding hydrogens is 412 g/mol. The van der Waals surface area contributed by atoms with E-state index in [1.807, 2.05) is 0 Å². The Hall–Kier alpha value is -0.260. The second kappa shape index (κ2) is 16.4. The predicted octanol–water partition coefficient (Wildman–Crippen LogP) is 8.91. The number of hydrogen-bond acceptors (Lipinski definition) is 4. The number of aryl methyl sites for hydroxylation is 1. The second-order valence-electron chi connectivity index (χ2n) is 7.94. The van der Waals surface area contributed by atoms with Gasteiger partial charge in [-0.25, -0.2) is 4.98 Å². The summed E-state index contributed by atoms with van der Waals surface area (Å²) < 4.78 is 0. The number of hydrogen-bond donors (Lipinski definition) is 1. The van der Waals surface area contributed by atoms with Crippen LogP contribution in [0.1, 0.15) is 96.6 Å². The van der Waals surface area contributed by atoms with E-state index in [9.17, 15) is 0 Å². The third kappa shape index (κ3) is 10.5. The van der Waals surface area contributed by atoms with Gasteiger partial charge in [0.15, 0.2) is 0 Å². The van der Waals surface area contributed by atoms with Gasteiger partial charge in [0.25, 0.3) is 0 Å². The standard InChI is InChI=1S/C24H42N2S3/c1-6-8-10-12-13-15-17-20(16-14-11-9-7-2)23(27)26-22-21(28-4)18-19(3)25-24(22)29-5/h18,20H,6-17H2,1-5H3,(H,26,27). The zero-order chi connectivity index (χ0) is 21.5. The summed E-state index contributed by atoms with van der Waals surface area (Å²) in [6.07, 6.45) is 19.9. The summed E-state index contributed by atoms with van der Waals surface area (Å²) >= 11 is 9.42. The van der Waals surface area contributed by atoms with Crippen LogP contribution in [0.3, 0.4) is 0 Å². The van der Waals surface area contributed by atoms with Crippen molar-refractivity contribution in [2.45, 2.75) is 108 Å². The summed E-state index contributed by atoms with van der Waals surface area (Å²) in [6.45, 7) is 6.62. The Balaban J connectivity index is 2.76. The summed E-state index contributed by atoms with van der Waals surface area (Å²) in [5.41, 5.74) is 2.18. The summed E-state index contributed by atoms with van der Waals surface area (Å²) in [6, 6.07) is 2.17. The van der Waals surface area contributed by atoms with E-state index in [1.54, 1.807) is 23.5 Å². The van der Waals surface area contributed by atoms with Gasteiger partial charge in [-0.15, -0.1) is 23.5 Å². The largest absolute Gasteiger partial charge is 0.347 e. The van der Waals surface area contributed by atoms with E-state index in [4.69, 9.17) is 17.2 Å². The van der Waals surface area contributed by atoms with Crippen molar-refractivity contribution in [2.75, 3.05) is 17.8 Å². The number of rotatable bonds is 16. The SMILES string of the molecule is CCCCCCCCC(CCCCCC)C(=S)Nc1c(SC)cc(C)nc1SC. The van der Waals surface area contributed by atoms with E-state index in [-0.39, 0.29) is 0 Å². The lowest BCUT2D eigenvalue weighted by atomic mass is 9.94. The number of nitrogens with zero attached hydrogens (tertiary/aromatic N) is 1. The van der Waals surface area contributed by atoms with Crippen molar-refractivity contribution in [2.24, 2.45) is 5.92 Å². The minimum absolute atomic E-state index is 0.485. The van der Waals surface area contributed by atoms with Crippen LogP contribution in [0, 0.1) is 12.8 Å². The highest BCUT2D eigenvalue weighted by atomic mass is 32.2. The number of aromatic nitrogens is 1. The number of thiocarbonyl (C=S) groups is 1. The fourth-order valence-corrected chi connectivity index (χ4v) is 5.30. The van der Waals surface area contributed by atoms with Gasteiger partial charge in [-0.05, 0) is 38.3 Å². The predicted molar refractivity (Wildman–Crippen MR) is 139 cm³/mol. The summed E-state index contributed by atoms with van der Waals surface area (Å²) in [5.74, 6) is 0.485. The molecule has 0 spiro atoms. The van der Waals surface area contributed by atoms with Gasteiger partial charge >= 0.3 is 0 Å². The highest BCUT2D eigenvalue weighted by molar-refractivity contribution is 7.99. The first-order valence-corrected chi connectivity index (χ1v) is 14.3. The average molecular weight is 455 g/mol. The van der Waals surface area contributed by atoms with Gasteiger partial charge in [0.1, 0.15) is 5.03 Å². The summed E-state index contributed by atoms with van der Waals surface area (Å²) in [7, 11) is 0. The van der Waals surface area contributed by atoms with Crippen LogP contribution in [0.5, 0.6) is 0 Å². The van der Waals surface area contributed by atoms with Crippen molar-refractivity contribution in [1.82, 2.24) is 4.98 Å². The maximum Gasteiger partial charge on any atom is 0.121 e. The molecular formula is C24H42N2S3. The van der Waals surface area contributed by atoms with E-state index in [2.05, 4.69) is 44.7 Å². The first-order valence-electron chi connectivity index (χ1n) is 11.5. The van der Waals surface area contributed by atoms with Gasteiger partial charge in [0.2, 0.25) is 0 Å². The molecule has 0 saturated carbocycles. The lowest BCUT2D eigenvalue weighted by Crippen LogP contribution is -2.22. The topological polar surface area (TPSA) is 24.9 Å². The van der Waals surface area contributed by atoms with Crippen molar-refractivity contribution in [3.63, 3.8) is 0 Å². The van der Waals surface area contributed by atoms with Crippen molar-refractivity contribution in [3.05, 3.63) is 11.8 Å². The van der Waals surface area contributed by atoms with E-state index in [0.717, 1.165) is 21.4 Å². The van der Waals surface area contributed by atoms with E-state index in [1.165, 1.54) is 81.9 Å². The number of pyridine rings is 1. The van der Waals surface area contributed by atoms with Crippen molar-refractivity contribution >= 4 is 46.4 Å². The molecule has 166 valence electrons. The number of anilines is 1. The van der Waals surface area contributed by atoms with Crippen molar-refractivity contribution in [3.8, 4) is 0 Å². The van der Waals surface area contributed by atoms with Crippen LogP contribution in [0.15, 0.2) is 16.0 Å². The van der Waals surface area contributed by atoms with E-state index in [0.29, 0.717) is 5.92 Å². The molecule has 1 aromatic heterocycles. The number of unbranched alkanes of at least 4 members (excludes halogenated alkanes) is 8. The molecule has 0 aliphatic carbocycles. The van der Waals surface area contributed by atoms with Crippen LogP contribution in [0.4, 0.5) is 5.69 Å². The Morgan fingerprint density at radius 1 is 0.931 bits per heavy atom. The van der Waals surface area contributed by atoms with Crippen LogP contribution < -0.4 is 5.32 Å². The molecule has 0 amide bonds. The molecule has 1 rings (SSSR count). The third-order valence-corrected chi connectivity index (χ3v) is 7.30. The van der Waals surface area contributed by atoms with Gasteiger partial charge in [-0.3, -0.25) is 0 Å². The molecule has 0 saturated heterocycles. The highest BCUT2D eigenvalue weighted by Crippen LogP contribution is 2.34. The molecule has 0 radical (unpaired) electrons. The fourth-order valence-electron chi connectivity index (χ4n) is 3.66. The minimum atomic E-state index is 0.485. The first-order chi connectivity index (χ1) is 14.1. The zero-order valence-electron chi connectivity index (χ0n) is 19.3. The molecule has 0 aromatic carbocycles. The van der Waals surface area contributed by atoms with Crippen molar-refractivity contribution in [1.29, 1.82) is 0 Å². The minimum Gasteiger partial charge on any atom is -0.347 e. The fraction of sp³-hybridized carbons (Fsp3) is 0.750. The Kier molecular flexibility index (Phi) is 15.2. The molecule has 5 heteroatoms. The Morgan fingerprint density at radius 3 is 2.03 bits per heavy atom. The Labute approximate surface area is 194 Å². The average Bonchev–Trinajstić information content (AvgIpc) is 2.72. The van der Waals surface area contributed by atoms with Crippen LogP contribution in [-0.4, -0.2) is 22.5 Å². The van der Waals surface area contributed by atoms with Crippen LogP contribution >= 0.6 is 35.7 Å². The monoisotopic (exact) mass is 454 g/mol. The molecule has 1 N–H and O–H groups in total. The molecule has 0 aliphatic heterocycles. The van der Waals surface area contributed by atoms with Crippen LogP contribution in [0.2, 0.25) is 0 Å². The lowest BCUT2D eigenvalue weighted by molar-refractivity contribution is 0.491. The second-order valence-corrected chi connectivity index (χ2v) is 10.0. The summed E-state index contributed by atoms with van der Waals surface area (Å²) in [4.78, 5) is 6.99. The smallest absolute Gasteiger partial charge is 0.121 e. The molecule has 0 aliphatic rings. The molecule has 1 atom stereocenters. The van der Waals surface area contributed by atoms with Gasteiger partial charge in [0, 0.05) is 16.5 Å². The van der Waals surface area contributed by atoms with Crippen LogP contribution in [0.25, 0.3) is 0 Å². The van der Waals surface area contributed by atoms with E-state index >= 15 is 0 Å². The molecule has 29 heavy (non-hydrogen) atoms. The van der Waals surface area contributed by atoms with Gasteiger partial charge in [-0.2, -0.15) is 0 Å². The van der Waals surface area contributed by atoms with E-state index < -0.39 is 0 Å². The molecule has 1 heterocycles. The number of thioether (sulfide) groups is 2. The normalized spacial score (nSPS) is 12.2. The Morgan fingerprint density at radius 2 is 1.48 bits per heavy atom. The van der Waals surface area contributed by atoms with Crippen molar-refractivity contribution < 1.29 is 0 Å². The molecule has 0 bridgehead atoms. The first kappa shape index (κ1) is 26.8.